The van der Waals surface area contributed by atoms with Crippen LogP contribution in [-0.4, -0.2) is 41.5 Å². The molecule has 2 aromatic carbocycles. The number of nitrogens with one attached hydrogen (secondary N) is 2. The topological polar surface area (TPSA) is 78.5 Å². The quantitative estimate of drug-likeness (QED) is 0.662. The molecule has 0 saturated heterocycles. The number of benzene rings is 2. The summed E-state index contributed by atoms with van der Waals surface area (Å²) in [6.07, 6.45) is 0. The highest BCUT2D eigenvalue weighted by molar-refractivity contribution is 7.89. The SMILES string of the molecule is CC(C)C(C)(C)C(=O)NCCNS(=O)(=O)c1cccc2c(N(C)C)cccc12. The number of amides is 1. The number of hydrogen-bond donors (Lipinski definition) is 2. The van der Waals surface area contributed by atoms with E-state index in [2.05, 4.69) is 10.0 Å². The van der Waals surface area contributed by atoms with Crippen molar-refractivity contribution in [3.63, 3.8) is 0 Å². The second-order valence-corrected chi connectivity index (χ2v) is 9.79. The molecule has 2 aromatic rings. The van der Waals surface area contributed by atoms with Crippen molar-refractivity contribution in [2.24, 2.45) is 11.3 Å². The van der Waals surface area contributed by atoms with Crippen LogP contribution in [0.15, 0.2) is 41.3 Å². The number of hydrogen-bond acceptors (Lipinski definition) is 4. The molecule has 1 amide bonds. The molecule has 7 heteroatoms. The molecule has 2 N–H and O–H groups in total. The number of rotatable bonds is 8. The van der Waals surface area contributed by atoms with Crippen molar-refractivity contribution in [1.29, 1.82) is 0 Å². The number of sulfonamides is 1. The minimum atomic E-state index is -3.70. The average molecular weight is 406 g/mol. The monoisotopic (exact) mass is 405 g/mol. The van der Waals surface area contributed by atoms with Gasteiger partial charge in [0.05, 0.1) is 4.90 Å². The van der Waals surface area contributed by atoms with Gasteiger partial charge in [-0.2, -0.15) is 0 Å². The zero-order chi connectivity index (χ0) is 21.1. The number of fused-ring (bicyclic) bond motifs is 1. The van der Waals surface area contributed by atoms with Crippen molar-refractivity contribution in [1.82, 2.24) is 10.0 Å². The Kier molecular flexibility index (Phi) is 6.72. The van der Waals surface area contributed by atoms with Gasteiger partial charge in [0.15, 0.2) is 0 Å². The van der Waals surface area contributed by atoms with Gasteiger partial charge in [-0.1, -0.05) is 52.0 Å². The molecule has 0 unspecified atom stereocenters. The van der Waals surface area contributed by atoms with Crippen molar-refractivity contribution in [2.45, 2.75) is 32.6 Å². The lowest BCUT2D eigenvalue weighted by Crippen LogP contribution is -2.43. The smallest absolute Gasteiger partial charge is 0.241 e. The minimum absolute atomic E-state index is 0.0810. The van der Waals surface area contributed by atoms with Gasteiger partial charge in [-0.3, -0.25) is 4.79 Å². The Morgan fingerprint density at radius 3 is 2.25 bits per heavy atom. The summed E-state index contributed by atoms with van der Waals surface area (Å²) in [7, 11) is 0.153. The molecule has 0 atom stereocenters. The summed E-state index contributed by atoms with van der Waals surface area (Å²) in [5, 5.41) is 4.37. The van der Waals surface area contributed by atoms with Crippen LogP contribution in [0, 0.1) is 11.3 Å². The third kappa shape index (κ3) is 4.64. The predicted molar refractivity (Wildman–Crippen MR) is 115 cm³/mol. The first-order valence-corrected chi connectivity index (χ1v) is 10.9. The molecule has 2 rings (SSSR count). The second kappa shape index (κ2) is 8.49. The van der Waals surface area contributed by atoms with Gasteiger partial charge in [0, 0.05) is 49.1 Å². The van der Waals surface area contributed by atoms with Gasteiger partial charge in [-0.05, 0) is 18.1 Å². The molecule has 0 aliphatic rings. The highest BCUT2D eigenvalue weighted by Crippen LogP contribution is 2.30. The van der Waals surface area contributed by atoms with E-state index in [0.29, 0.717) is 5.39 Å². The van der Waals surface area contributed by atoms with Gasteiger partial charge in [0.1, 0.15) is 0 Å². The van der Waals surface area contributed by atoms with Crippen LogP contribution in [-0.2, 0) is 14.8 Å². The Morgan fingerprint density at radius 1 is 1.04 bits per heavy atom. The van der Waals surface area contributed by atoms with Gasteiger partial charge in [0.2, 0.25) is 15.9 Å². The average Bonchev–Trinajstić information content (AvgIpc) is 2.63. The van der Waals surface area contributed by atoms with E-state index in [1.807, 2.05) is 71.0 Å². The van der Waals surface area contributed by atoms with Crippen molar-refractivity contribution in [3.8, 4) is 0 Å². The molecule has 0 bridgehead atoms. The van der Waals surface area contributed by atoms with Crippen LogP contribution in [0.5, 0.6) is 0 Å². The summed E-state index contributed by atoms with van der Waals surface area (Å²) in [5.41, 5.74) is 0.453. The molecule has 28 heavy (non-hydrogen) atoms. The molecule has 0 aliphatic heterocycles. The Balaban J connectivity index is 2.14. The predicted octanol–water partition coefficient (Wildman–Crippen LogP) is 2.98. The van der Waals surface area contributed by atoms with Crippen molar-refractivity contribution >= 4 is 32.4 Å². The molecule has 0 radical (unpaired) electrons. The molecule has 0 spiro atoms. The second-order valence-electron chi connectivity index (χ2n) is 8.05. The molecule has 0 heterocycles. The lowest BCUT2D eigenvalue weighted by Gasteiger charge is -2.27. The summed E-state index contributed by atoms with van der Waals surface area (Å²) in [6.45, 7) is 8.12. The summed E-state index contributed by atoms with van der Waals surface area (Å²) in [4.78, 5) is 14.5. The van der Waals surface area contributed by atoms with E-state index in [0.717, 1.165) is 11.1 Å². The standard InChI is InChI=1S/C21H31N3O3S/c1-15(2)21(3,4)20(25)22-13-14-23-28(26,27)19-12-8-9-16-17(19)10-7-11-18(16)24(5)6/h7-12,15,23H,13-14H2,1-6H3,(H,22,25). The largest absolute Gasteiger partial charge is 0.377 e. The molecule has 0 fully saturated rings. The van der Waals surface area contributed by atoms with E-state index in [-0.39, 0.29) is 29.8 Å². The molecular formula is C21H31N3O3S. The Bertz CT molecular complexity index is 951. The van der Waals surface area contributed by atoms with Gasteiger partial charge in [-0.15, -0.1) is 0 Å². The van der Waals surface area contributed by atoms with Gasteiger partial charge < -0.3 is 10.2 Å². The molecular weight excluding hydrogens is 374 g/mol. The third-order valence-corrected chi connectivity index (χ3v) is 6.88. The van der Waals surface area contributed by atoms with Gasteiger partial charge in [0.25, 0.3) is 0 Å². The highest BCUT2D eigenvalue weighted by Gasteiger charge is 2.30. The maximum Gasteiger partial charge on any atom is 0.241 e. The Morgan fingerprint density at radius 2 is 1.64 bits per heavy atom. The first-order chi connectivity index (χ1) is 13.0. The maximum absolute atomic E-state index is 12.8. The van der Waals surface area contributed by atoms with E-state index in [4.69, 9.17) is 0 Å². The van der Waals surface area contributed by atoms with E-state index >= 15 is 0 Å². The van der Waals surface area contributed by atoms with Crippen LogP contribution in [0.4, 0.5) is 5.69 Å². The number of carbonyl (C=O) groups excluding carboxylic acids is 1. The van der Waals surface area contributed by atoms with Crippen molar-refractivity contribution < 1.29 is 13.2 Å². The van der Waals surface area contributed by atoms with Crippen LogP contribution in [0.2, 0.25) is 0 Å². The van der Waals surface area contributed by atoms with Crippen LogP contribution < -0.4 is 14.9 Å². The summed E-state index contributed by atoms with van der Waals surface area (Å²) < 4.78 is 28.3. The molecule has 154 valence electrons. The van der Waals surface area contributed by atoms with E-state index < -0.39 is 15.4 Å². The summed E-state index contributed by atoms with van der Waals surface area (Å²) >= 11 is 0. The van der Waals surface area contributed by atoms with Crippen LogP contribution in [0.1, 0.15) is 27.7 Å². The van der Waals surface area contributed by atoms with Crippen molar-refractivity contribution in [3.05, 3.63) is 36.4 Å². The maximum atomic E-state index is 12.8. The molecule has 0 saturated carbocycles. The first-order valence-electron chi connectivity index (χ1n) is 9.45. The minimum Gasteiger partial charge on any atom is -0.377 e. The van der Waals surface area contributed by atoms with Crippen LogP contribution in [0.3, 0.4) is 0 Å². The van der Waals surface area contributed by atoms with Gasteiger partial charge >= 0.3 is 0 Å². The van der Waals surface area contributed by atoms with Crippen molar-refractivity contribution in [2.75, 3.05) is 32.1 Å². The summed E-state index contributed by atoms with van der Waals surface area (Å²) in [5.74, 6) is 0.105. The van der Waals surface area contributed by atoms with E-state index in [9.17, 15) is 13.2 Å². The fourth-order valence-electron chi connectivity index (χ4n) is 2.82. The van der Waals surface area contributed by atoms with Crippen LogP contribution >= 0.6 is 0 Å². The first kappa shape index (κ1) is 22.2. The number of nitrogens with zero attached hydrogens (tertiary/aromatic N) is 1. The Labute approximate surface area is 168 Å². The van der Waals surface area contributed by atoms with E-state index in [1.165, 1.54) is 0 Å². The molecule has 6 nitrogen and oxygen atoms in total. The Hall–Kier alpha value is -2.12. The third-order valence-electron chi connectivity index (χ3n) is 5.36. The van der Waals surface area contributed by atoms with Gasteiger partial charge in [-0.25, -0.2) is 13.1 Å². The highest BCUT2D eigenvalue weighted by atomic mass is 32.2. The normalized spacial score (nSPS) is 12.4. The van der Waals surface area contributed by atoms with E-state index in [1.54, 1.807) is 12.1 Å². The number of anilines is 1. The summed E-state index contributed by atoms with van der Waals surface area (Å²) in [6, 6.07) is 10.9. The number of carbonyl (C=O) groups is 1. The molecule has 0 aromatic heterocycles. The lowest BCUT2D eigenvalue weighted by molar-refractivity contribution is -0.131. The zero-order valence-electron chi connectivity index (χ0n) is 17.5. The fourth-order valence-corrected chi connectivity index (χ4v) is 4.07. The zero-order valence-corrected chi connectivity index (χ0v) is 18.4. The molecule has 0 aliphatic carbocycles. The lowest BCUT2D eigenvalue weighted by atomic mass is 9.80. The fraction of sp³-hybridized carbons (Fsp3) is 0.476. The van der Waals surface area contributed by atoms with Crippen LogP contribution in [0.25, 0.3) is 10.8 Å².